The molecule has 3 aromatic rings. The van der Waals surface area contributed by atoms with Crippen LogP contribution in [0.4, 0.5) is 5.82 Å². The number of hydrogen-bond donors (Lipinski definition) is 2. The van der Waals surface area contributed by atoms with Crippen molar-refractivity contribution < 1.29 is 4.79 Å². The summed E-state index contributed by atoms with van der Waals surface area (Å²) < 4.78 is 0. The fourth-order valence-corrected chi connectivity index (χ4v) is 3.45. The molecule has 28 heavy (non-hydrogen) atoms. The molecule has 1 aliphatic heterocycles. The maximum absolute atomic E-state index is 12.8. The van der Waals surface area contributed by atoms with Crippen LogP contribution in [0.5, 0.6) is 0 Å². The lowest BCUT2D eigenvalue weighted by Crippen LogP contribution is -2.46. The van der Waals surface area contributed by atoms with Gasteiger partial charge in [0.05, 0.1) is 17.8 Å². The van der Waals surface area contributed by atoms with Gasteiger partial charge in [0.15, 0.2) is 0 Å². The number of amides is 1. The van der Waals surface area contributed by atoms with Gasteiger partial charge in [-0.3, -0.25) is 9.78 Å². The van der Waals surface area contributed by atoms with Crippen LogP contribution in [0.1, 0.15) is 27.7 Å². The predicted octanol–water partition coefficient (Wildman–Crippen LogP) is 2.56. The molecule has 1 fully saturated rings. The number of carbonyl (C=O) groups excluding carboxylic acids is 1. The van der Waals surface area contributed by atoms with Crippen molar-refractivity contribution in [2.45, 2.75) is 12.6 Å². The zero-order valence-electron chi connectivity index (χ0n) is 15.6. The lowest BCUT2D eigenvalue weighted by Gasteiger charge is -2.35. The fourth-order valence-electron chi connectivity index (χ4n) is 3.45. The van der Waals surface area contributed by atoms with E-state index in [1.54, 1.807) is 18.5 Å². The summed E-state index contributed by atoms with van der Waals surface area (Å²) in [5.74, 6) is 0.590. The molecular weight excluding hydrogens is 350 g/mol. The van der Waals surface area contributed by atoms with Crippen LogP contribution in [-0.2, 0) is 6.54 Å². The van der Waals surface area contributed by atoms with Gasteiger partial charge in [-0.15, -0.1) is 0 Å². The van der Waals surface area contributed by atoms with Crippen LogP contribution >= 0.6 is 0 Å². The molecule has 1 aromatic carbocycles. The first-order valence-electron chi connectivity index (χ1n) is 9.47. The number of benzene rings is 1. The van der Waals surface area contributed by atoms with Gasteiger partial charge < -0.3 is 15.5 Å². The largest absolute Gasteiger partial charge is 0.353 e. The van der Waals surface area contributed by atoms with Crippen LogP contribution in [0.15, 0.2) is 73.1 Å². The Bertz CT molecular complexity index is 916. The molecule has 3 heterocycles. The van der Waals surface area contributed by atoms with Crippen molar-refractivity contribution in [2.24, 2.45) is 0 Å². The van der Waals surface area contributed by atoms with Crippen molar-refractivity contribution in [1.29, 1.82) is 0 Å². The fraction of sp³-hybridized carbons (Fsp3) is 0.227. The van der Waals surface area contributed by atoms with E-state index in [-0.39, 0.29) is 11.9 Å². The molecule has 1 atom stereocenters. The van der Waals surface area contributed by atoms with E-state index in [1.165, 1.54) is 5.56 Å². The number of pyridine rings is 2. The maximum Gasteiger partial charge on any atom is 0.255 e. The molecular formula is C22H23N5O. The highest BCUT2D eigenvalue weighted by Crippen LogP contribution is 2.23. The summed E-state index contributed by atoms with van der Waals surface area (Å²) in [5.41, 5.74) is 2.66. The summed E-state index contributed by atoms with van der Waals surface area (Å²) in [7, 11) is 0. The van der Waals surface area contributed by atoms with Crippen molar-refractivity contribution in [1.82, 2.24) is 20.6 Å². The number of nitrogens with zero attached hydrogens (tertiary/aromatic N) is 3. The first-order valence-corrected chi connectivity index (χ1v) is 9.47. The normalized spacial score (nSPS) is 16.6. The number of hydrogen-bond acceptors (Lipinski definition) is 5. The first kappa shape index (κ1) is 18.1. The SMILES string of the molecule is O=C(NCc1ccccn1)c1cccnc1N1CCN[C@H](c2ccccc2)C1. The molecule has 6 nitrogen and oxygen atoms in total. The van der Waals surface area contributed by atoms with E-state index in [4.69, 9.17) is 0 Å². The molecule has 1 saturated heterocycles. The van der Waals surface area contributed by atoms with Crippen LogP contribution in [0.2, 0.25) is 0 Å². The average Bonchev–Trinajstić information content (AvgIpc) is 2.79. The van der Waals surface area contributed by atoms with Crippen LogP contribution < -0.4 is 15.5 Å². The molecule has 1 aliphatic rings. The number of carbonyl (C=O) groups is 1. The number of anilines is 1. The summed E-state index contributed by atoms with van der Waals surface area (Å²) in [6, 6.07) is 19.9. The van der Waals surface area contributed by atoms with Crippen LogP contribution in [0.25, 0.3) is 0 Å². The summed E-state index contributed by atoms with van der Waals surface area (Å²) in [5, 5.41) is 6.51. The van der Waals surface area contributed by atoms with E-state index in [9.17, 15) is 4.79 Å². The van der Waals surface area contributed by atoms with Gasteiger partial charge in [-0.25, -0.2) is 4.98 Å². The van der Waals surface area contributed by atoms with E-state index >= 15 is 0 Å². The lowest BCUT2D eigenvalue weighted by molar-refractivity contribution is 0.0950. The molecule has 2 N–H and O–H groups in total. The predicted molar refractivity (Wildman–Crippen MR) is 109 cm³/mol. The lowest BCUT2D eigenvalue weighted by atomic mass is 10.0. The standard InChI is InChI=1S/C22H23N5O/c28-22(26-15-18-9-4-5-11-23-18)19-10-6-12-25-21(19)27-14-13-24-20(16-27)17-7-2-1-3-8-17/h1-12,20,24H,13-16H2,(H,26,28)/t20-/m0/s1. The summed E-state index contributed by atoms with van der Waals surface area (Å²) in [4.78, 5) is 23.8. The molecule has 0 saturated carbocycles. The Labute approximate surface area is 164 Å². The Morgan fingerprint density at radius 1 is 1.04 bits per heavy atom. The third kappa shape index (κ3) is 4.18. The highest BCUT2D eigenvalue weighted by Gasteiger charge is 2.25. The smallest absolute Gasteiger partial charge is 0.255 e. The third-order valence-corrected chi connectivity index (χ3v) is 4.86. The minimum atomic E-state index is -0.136. The number of nitrogens with one attached hydrogen (secondary N) is 2. The van der Waals surface area contributed by atoms with Gasteiger partial charge in [-0.2, -0.15) is 0 Å². The number of aromatic nitrogens is 2. The second-order valence-electron chi connectivity index (χ2n) is 6.74. The summed E-state index contributed by atoms with van der Waals surface area (Å²) >= 11 is 0. The number of piperazine rings is 1. The molecule has 0 spiro atoms. The van der Waals surface area contributed by atoms with Gasteiger partial charge in [0.25, 0.3) is 5.91 Å². The molecule has 6 heteroatoms. The van der Waals surface area contributed by atoms with Crippen LogP contribution in [-0.4, -0.2) is 35.5 Å². The van der Waals surface area contributed by atoms with Crippen LogP contribution in [0.3, 0.4) is 0 Å². The van der Waals surface area contributed by atoms with Crippen molar-refractivity contribution in [2.75, 3.05) is 24.5 Å². The molecule has 0 bridgehead atoms. The van der Waals surface area contributed by atoms with E-state index in [2.05, 4.69) is 37.6 Å². The highest BCUT2D eigenvalue weighted by molar-refractivity contribution is 5.98. The summed E-state index contributed by atoms with van der Waals surface area (Å²) in [6.07, 6.45) is 3.46. The molecule has 142 valence electrons. The third-order valence-electron chi connectivity index (χ3n) is 4.86. The Hall–Kier alpha value is -3.25. The Morgan fingerprint density at radius 3 is 2.68 bits per heavy atom. The quantitative estimate of drug-likeness (QED) is 0.719. The second kappa shape index (κ2) is 8.63. The van der Waals surface area contributed by atoms with Crippen LogP contribution in [0, 0.1) is 0 Å². The molecule has 1 amide bonds. The van der Waals surface area contributed by atoms with Crippen molar-refractivity contribution in [3.63, 3.8) is 0 Å². The second-order valence-corrected chi connectivity index (χ2v) is 6.74. The van der Waals surface area contributed by atoms with Gasteiger partial charge in [-0.05, 0) is 29.8 Å². The Balaban J connectivity index is 1.50. The van der Waals surface area contributed by atoms with Gasteiger partial charge in [0.2, 0.25) is 0 Å². The zero-order valence-corrected chi connectivity index (χ0v) is 15.6. The van der Waals surface area contributed by atoms with Gasteiger partial charge in [-0.1, -0.05) is 36.4 Å². The van der Waals surface area contributed by atoms with Gasteiger partial charge in [0.1, 0.15) is 5.82 Å². The van der Waals surface area contributed by atoms with Gasteiger partial charge in [0, 0.05) is 38.1 Å². The Morgan fingerprint density at radius 2 is 1.86 bits per heavy atom. The van der Waals surface area contributed by atoms with Crippen molar-refractivity contribution in [3.05, 3.63) is 89.9 Å². The molecule has 0 unspecified atom stereocenters. The van der Waals surface area contributed by atoms with Crippen molar-refractivity contribution >= 4 is 11.7 Å². The summed E-state index contributed by atoms with van der Waals surface area (Å²) in [6.45, 7) is 2.80. The minimum Gasteiger partial charge on any atom is -0.353 e. The van der Waals surface area contributed by atoms with E-state index in [1.807, 2.05) is 42.5 Å². The molecule has 2 aromatic heterocycles. The molecule has 4 rings (SSSR count). The number of rotatable bonds is 5. The Kier molecular flexibility index (Phi) is 5.58. The van der Waals surface area contributed by atoms with E-state index in [0.717, 1.165) is 31.1 Å². The molecule has 0 radical (unpaired) electrons. The average molecular weight is 373 g/mol. The topological polar surface area (TPSA) is 70.2 Å². The maximum atomic E-state index is 12.8. The van der Waals surface area contributed by atoms with Crippen molar-refractivity contribution in [3.8, 4) is 0 Å². The van der Waals surface area contributed by atoms with E-state index in [0.29, 0.717) is 12.1 Å². The highest BCUT2D eigenvalue weighted by atomic mass is 16.1. The van der Waals surface area contributed by atoms with E-state index < -0.39 is 0 Å². The monoisotopic (exact) mass is 373 g/mol. The molecule has 0 aliphatic carbocycles. The minimum absolute atomic E-state index is 0.136. The zero-order chi connectivity index (χ0) is 19.2. The van der Waals surface area contributed by atoms with Gasteiger partial charge >= 0.3 is 0 Å². The first-order chi connectivity index (χ1) is 13.8.